The molecule has 1 aromatic carbocycles. The molecule has 3 N–H and O–H groups in total. The molecule has 0 spiro atoms. The van der Waals surface area contributed by atoms with Crippen molar-refractivity contribution in [3.8, 4) is 11.8 Å². The summed E-state index contributed by atoms with van der Waals surface area (Å²) in [5, 5.41) is 15.6. The summed E-state index contributed by atoms with van der Waals surface area (Å²) in [6.07, 6.45) is -2.72. The van der Waals surface area contributed by atoms with E-state index in [1.54, 1.807) is 0 Å². The van der Waals surface area contributed by atoms with Crippen LogP contribution < -0.4 is 11.1 Å². The molecule has 3 rings (SSSR count). The van der Waals surface area contributed by atoms with Gasteiger partial charge in [-0.1, -0.05) is 35.4 Å². The molecular weight excluding hydrogens is 410 g/mol. The van der Waals surface area contributed by atoms with E-state index in [9.17, 15) is 18.4 Å². The average molecular weight is 420 g/mol. The first-order chi connectivity index (χ1) is 12.1. The highest BCUT2D eigenvalue weighted by Crippen LogP contribution is 2.40. The Morgan fingerprint density at radius 3 is 2.38 bits per heavy atom. The lowest BCUT2D eigenvalue weighted by Crippen LogP contribution is -2.13. The SMILES string of the molecule is N#Cc1nn(-c2c(Cl)cc(C(F)(F)F)cc2Cl)c(N)c1NC(=S)C1CC1. The summed E-state index contributed by atoms with van der Waals surface area (Å²) in [6, 6.07) is 3.31. The van der Waals surface area contributed by atoms with E-state index in [1.165, 1.54) is 0 Å². The highest BCUT2D eigenvalue weighted by atomic mass is 35.5. The van der Waals surface area contributed by atoms with Crippen molar-refractivity contribution >= 4 is 51.9 Å². The Morgan fingerprint density at radius 2 is 1.92 bits per heavy atom. The molecule has 1 aromatic heterocycles. The minimum absolute atomic E-state index is 0.0342. The second-order valence-corrected chi connectivity index (χ2v) is 6.94. The summed E-state index contributed by atoms with van der Waals surface area (Å²) in [4.78, 5) is 0.525. The molecule has 1 aliphatic rings. The molecule has 2 aromatic rings. The molecule has 5 nitrogen and oxygen atoms in total. The smallest absolute Gasteiger partial charge is 0.382 e. The molecule has 0 radical (unpaired) electrons. The number of rotatable bonds is 3. The van der Waals surface area contributed by atoms with Crippen LogP contribution >= 0.6 is 35.4 Å². The lowest BCUT2D eigenvalue weighted by molar-refractivity contribution is -0.137. The number of nitriles is 1. The fourth-order valence-electron chi connectivity index (χ4n) is 2.31. The molecule has 0 saturated heterocycles. The van der Waals surface area contributed by atoms with Crippen molar-refractivity contribution in [1.82, 2.24) is 9.78 Å². The summed E-state index contributed by atoms with van der Waals surface area (Å²) in [7, 11) is 0. The van der Waals surface area contributed by atoms with Gasteiger partial charge in [0.15, 0.2) is 11.5 Å². The van der Waals surface area contributed by atoms with Gasteiger partial charge < -0.3 is 11.1 Å². The molecule has 11 heteroatoms. The van der Waals surface area contributed by atoms with Gasteiger partial charge in [0.1, 0.15) is 17.4 Å². The van der Waals surface area contributed by atoms with E-state index in [0.29, 0.717) is 4.99 Å². The maximum absolute atomic E-state index is 12.9. The fourth-order valence-corrected chi connectivity index (χ4v) is 3.29. The number of thiocarbonyl (C=S) groups is 1. The van der Waals surface area contributed by atoms with Gasteiger partial charge in [-0.05, 0) is 25.0 Å². The van der Waals surface area contributed by atoms with Crippen molar-refractivity contribution in [2.45, 2.75) is 19.0 Å². The van der Waals surface area contributed by atoms with Crippen molar-refractivity contribution in [3.05, 3.63) is 33.4 Å². The third kappa shape index (κ3) is 3.45. The molecule has 0 unspecified atom stereocenters. The van der Waals surface area contributed by atoms with Crippen LogP contribution in [0.1, 0.15) is 24.1 Å². The number of aromatic nitrogens is 2. The van der Waals surface area contributed by atoms with Gasteiger partial charge in [0, 0.05) is 5.92 Å². The highest BCUT2D eigenvalue weighted by molar-refractivity contribution is 7.80. The normalized spacial score (nSPS) is 14.2. The van der Waals surface area contributed by atoms with Gasteiger partial charge in [-0.25, -0.2) is 4.68 Å². The molecule has 136 valence electrons. The van der Waals surface area contributed by atoms with E-state index in [4.69, 9.17) is 41.2 Å². The van der Waals surface area contributed by atoms with Crippen molar-refractivity contribution < 1.29 is 13.2 Å². The maximum Gasteiger partial charge on any atom is 0.416 e. The molecule has 0 aliphatic heterocycles. The maximum atomic E-state index is 12.9. The number of nitrogen functional groups attached to an aromatic ring is 1. The first kappa shape index (κ1) is 18.8. The molecule has 1 heterocycles. The van der Waals surface area contributed by atoms with Gasteiger partial charge in [0.05, 0.1) is 20.6 Å². The molecule has 1 fully saturated rings. The van der Waals surface area contributed by atoms with Crippen LogP contribution in [0, 0.1) is 17.2 Å². The quantitative estimate of drug-likeness (QED) is 0.698. The van der Waals surface area contributed by atoms with Crippen LogP contribution in [0.25, 0.3) is 5.69 Å². The van der Waals surface area contributed by atoms with Crippen LogP contribution in [0.15, 0.2) is 12.1 Å². The van der Waals surface area contributed by atoms with Gasteiger partial charge in [0.2, 0.25) is 0 Å². The summed E-state index contributed by atoms with van der Waals surface area (Å²) >= 11 is 17.2. The number of anilines is 2. The minimum atomic E-state index is -4.61. The van der Waals surface area contributed by atoms with Crippen LogP contribution in [0.4, 0.5) is 24.7 Å². The van der Waals surface area contributed by atoms with Crippen LogP contribution in [-0.4, -0.2) is 14.8 Å². The second kappa shape index (κ2) is 6.61. The Balaban J connectivity index is 2.09. The summed E-state index contributed by atoms with van der Waals surface area (Å²) in [5.41, 5.74) is 5.08. The number of nitrogens with two attached hydrogens (primary N) is 1. The van der Waals surface area contributed by atoms with Crippen LogP contribution in [0.5, 0.6) is 0 Å². The van der Waals surface area contributed by atoms with Gasteiger partial charge >= 0.3 is 6.18 Å². The van der Waals surface area contributed by atoms with Crippen molar-refractivity contribution in [1.29, 1.82) is 5.26 Å². The summed E-state index contributed by atoms with van der Waals surface area (Å²) in [5.74, 6) is 0.186. The van der Waals surface area contributed by atoms with E-state index in [2.05, 4.69) is 10.4 Å². The molecule has 1 aliphatic carbocycles. The van der Waals surface area contributed by atoms with Crippen molar-refractivity contribution in [2.75, 3.05) is 11.1 Å². The van der Waals surface area contributed by atoms with Gasteiger partial charge in [-0.3, -0.25) is 0 Å². The zero-order valence-electron chi connectivity index (χ0n) is 12.9. The Hall–Kier alpha value is -2.02. The Labute approximate surface area is 161 Å². The van der Waals surface area contributed by atoms with Gasteiger partial charge in [-0.2, -0.15) is 23.5 Å². The zero-order valence-corrected chi connectivity index (χ0v) is 15.2. The fraction of sp³-hybridized carbons (Fsp3) is 0.267. The summed E-state index contributed by atoms with van der Waals surface area (Å²) < 4.78 is 39.7. The largest absolute Gasteiger partial charge is 0.416 e. The molecule has 1 saturated carbocycles. The number of benzene rings is 1. The minimum Gasteiger partial charge on any atom is -0.382 e. The Bertz CT molecular complexity index is 921. The van der Waals surface area contributed by atoms with E-state index in [0.717, 1.165) is 29.7 Å². The standard InChI is InChI=1S/C15H10Cl2F3N5S/c16-8-3-7(15(18,19)20)4-9(17)12(8)25-13(22)11(10(5-21)24-25)23-14(26)6-1-2-6/h3-4,6H,1-2,22H2,(H,23,26). The van der Waals surface area contributed by atoms with Gasteiger partial charge in [0.25, 0.3) is 0 Å². The van der Waals surface area contributed by atoms with E-state index in [1.807, 2.05) is 6.07 Å². The topological polar surface area (TPSA) is 79.7 Å². The molecule has 0 bridgehead atoms. The van der Waals surface area contributed by atoms with Crippen molar-refractivity contribution in [2.24, 2.45) is 5.92 Å². The molecule has 0 amide bonds. The second-order valence-electron chi connectivity index (χ2n) is 5.68. The predicted octanol–water partition coefficient (Wildman–Crippen LogP) is 4.80. The van der Waals surface area contributed by atoms with E-state index < -0.39 is 11.7 Å². The molecule has 0 atom stereocenters. The van der Waals surface area contributed by atoms with Crippen LogP contribution in [0.3, 0.4) is 0 Å². The predicted molar refractivity (Wildman–Crippen MR) is 96.7 cm³/mol. The third-order valence-corrected chi connectivity index (χ3v) is 4.79. The number of hydrogen-bond donors (Lipinski definition) is 2. The number of alkyl halides is 3. The van der Waals surface area contributed by atoms with Crippen LogP contribution in [0.2, 0.25) is 10.0 Å². The average Bonchev–Trinajstić information content (AvgIpc) is 3.34. The Morgan fingerprint density at radius 1 is 1.35 bits per heavy atom. The lowest BCUT2D eigenvalue weighted by Gasteiger charge is -2.13. The number of hydrogen-bond acceptors (Lipinski definition) is 4. The number of halogens is 5. The van der Waals surface area contributed by atoms with Gasteiger partial charge in [-0.15, -0.1) is 0 Å². The first-order valence-electron chi connectivity index (χ1n) is 7.29. The number of nitrogens with one attached hydrogen (secondary N) is 1. The molecule has 26 heavy (non-hydrogen) atoms. The highest BCUT2D eigenvalue weighted by Gasteiger charge is 2.33. The lowest BCUT2D eigenvalue weighted by atomic mass is 10.2. The van der Waals surface area contributed by atoms with E-state index >= 15 is 0 Å². The van der Waals surface area contributed by atoms with Crippen molar-refractivity contribution in [3.63, 3.8) is 0 Å². The summed E-state index contributed by atoms with van der Waals surface area (Å²) in [6.45, 7) is 0. The number of nitrogens with zero attached hydrogens (tertiary/aromatic N) is 3. The van der Waals surface area contributed by atoms with Crippen LogP contribution in [-0.2, 0) is 6.18 Å². The third-order valence-electron chi connectivity index (χ3n) is 3.78. The monoisotopic (exact) mass is 419 g/mol. The zero-order chi connectivity index (χ0) is 19.2. The Kier molecular flexibility index (Phi) is 4.77. The first-order valence-corrected chi connectivity index (χ1v) is 8.46. The van der Waals surface area contributed by atoms with E-state index in [-0.39, 0.29) is 38.8 Å². The molecular formula is C15H10Cl2F3N5S.